The van der Waals surface area contributed by atoms with Crippen molar-refractivity contribution in [3.63, 3.8) is 0 Å². The van der Waals surface area contributed by atoms with E-state index >= 15 is 0 Å². The van der Waals surface area contributed by atoms with E-state index in [1.807, 2.05) is 5.92 Å². The highest BCUT2D eigenvalue weighted by Crippen LogP contribution is 1.85. The first kappa shape index (κ1) is 11.1. The van der Waals surface area contributed by atoms with Gasteiger partial charge in [0.15, 0.2) is 5.01 Å². The number of nitrogens with two attached hydrogens (primary N) is 1. The Balaban J connectivity index is 0. The van der Waals surface area contributed by atoms with Gasteiger partial charge in [-0.25, -0.2) is 4.79 Å². The molecule has 1 amide bonds. The van der Waals surface area contributed by atoms with E-state index in [1.165, 1.54) is 0 Å². The van der Waals surface area contributed by atoms with Crippen LogP contribution in [-0.4, -0.2) is 21.3 Å². The fourth-order valence-electron chi connectivity index (χ4n) is 0. The molecule has 0 heterocycles. The van der Waals surface area contributed by atoms with Gasteiger partial charge in [-0.2, -0.15) is 0 Å². The summed E-state index contributed by atoms with van der Waals surface area (Å²) in [6.45, 7) is 0. The van der Waals surface area contributed by atoms with Gasteiger partial charge in [-0.1, -0.05) is 5.92 Å². The molecular weight excluding hydrogens is 190 g/mol. The van der Waals surface area contributed by atoms with Crippen molar-refractivity contribution in [3.8, 4) is 12.3 Å². The third kappa shape index (κ3) is 125. The van der Waals surface area contributed by atoms with E-state index < -0.39 is 11.1 Å². The molecule has 0 saturated carbocycles. The molecule has 0 radical (unpaired) electrons. The van der Waals surface area contributed by atoms with Crippen molar-refractivity contribution in [2.75, 3.05) is 0 Å². The number of alkyl halides is 1. The SMILES string of the molecule is C#CC(O)Br.NC(=O)O. The number of carbonyl (C=O) groups is 1. The quantitative estimate of drug-likeness (QED) is 0.375. The van der Waals surface area contributed by atoms with Gasteiger partial charge >= 0.3 is 6.09 Å². The van der Waals surface area contributed by atoms with E-state index in [2.05, 4.69) is 28.1 Å². The molecule has 4 nitrogen and oxygen atoms in total. The highest BCUT2D eigenvalue weighted by molar-refractivity contribution is 9.09. The fraction of sp³-hybridized carbons (Fsp3) is 0.250. The van der Waals surface area contributed by atoms with Gasteiger partial charge in [0.25, 0.3) is 0 Å². The number of aliphatic hydroxyl groups excluding tert-OH is 1. The minimum absolute atomic E-state index is 0.775. The molecule has 0 fully saturated rings. The normalized spacial score (nSPS) is 9.89. The number of aliphatic hydroxyl groups is 1. The zero-order valence-corrected chi connectivity index (χ0v) is 6.00. The molecule has 0 saturated heterocycles. The van der Waals surface area contributed by atoms with Gasteiger partial charge in [0, 0.05) is 0 Å². The summed E-state index contributed by atoms with van der Waals surface area (Å²) in [4.78, 5) is 8.78. The molecule has 0 rings (SSSR count). The van der Waals surface area contributed by atoms with Crippen molar-refractivity contribution in [1.29, 1.82) is 0 Å². The number of hydrogen-bond donors (Lipinski definition) is 3. The third-order valence-electron chi connectivity index (χ3n) is 0.138. The Morgan fingerprint density at radius 1 is 1.89 bits per heavy atom. The van der Waals surface area contributed by atoms with Crippen molar-refractivity contribution >= 4 is 22.0 Å². The maximum atomic E-state index is 8.78. The van der Waals surface area contributed by atoms with Crippen LogP contribution in [0, 0.1) is 12.3 Å². The molecule has 0 aromatic rings. The molecule has 9 heavy (non-hydrogen) atoms. The van der Waals surface area contributed by atoms with Crippen molar-refractivity contribution in [2.45, 2.75) is 5.01 Å². The van der Waals surface area contributed by atoms with Crippen LogP contribution in [0.2, 0.25) is 0 Å². The van der Waals surface area contributed by atoms with E-state index in [0.29, 0.717) is 0 Å². The first-order chi connectivity index (χ1) is 4.00. The second-order valence-corrected chi connectivity index (χ2v) is 1.71. The maximum absolute atomic E-state index is 8.78. The van der Waals surface area contributed by atoms with Gasteiger partial charge in [0.1, 0.15) is 0 Å². The molecule has 0 aromatic heterocycles. The van der Waals surface area contributed by atoms with Gasteiger partial charge in [-0.15, -0.1) is 6.42 Å². The Bertz CT molecular complexity index is 113. The third-order valence-corrected chi connectivity index (χ3v) is 0.402. The molecule has 0 aliphatic rings. The van der Waals surface area contributed by atoms with E-state index in [-0.39, 0.29) is 0 Å². The van der Waals surface area contributed by atoms with Crippen LogP contribution in [0.25, 0.3) is 0 Å². The summed E-state index contributed by atoms with van der Waals surface area (Å²) < 4.78 is 0. The van der Waals surface area contributed by atoms with Crippen LogP contribution in [0.15, 0.2) is 0 Å². The summed E-state index contributed by atoms with van der Waals surface area (Å²) in [5.74, 6) is 2.00. The average molecular weight is 196 g/mol. The van der Waals surface area contributed by atoms with Crippen molar-refractivity contribution in [3.05, 3.63) is 0 Å². The monoisotopic (exact) mass is 195 g/mol. The Hall–Kier alpha value is -0.730. The molecule has 0 spiro atoms. The summed E-state index contributed by atoms with van der Waals surface area (Å²) in [5, 5.41) is 14.5. The van der Waals surface area contributed by atoms with Crippen LogP contribution >= 0.6 is 15.9 Å². The lowest BCUT2D eigenvalue weighted by Gasteiger charge is -1.78. The summed E-state index contributed by atoms with van der Waals surface area (Å²) >= 11 is 2.69. The zero-order chi connectivity index (χ0) is 7.86. The molecule has 4 N–H and O–H groups in total. The van der Waals surface area contributed by atoms with Crippen LogP contribution in [0.1, 0.15) is 0 Å². The highest BCUT2D eigenvalue weighted by atomic mass is 79.9. The van der Waals surface area contributed by atoms with Crippen LogP contribution in [0.4, 0.5) is 4.79 Å². The summed E-state index contributed by atoms with van der Waals surface area (Å²) in [7, 11) is 0. The van der Waals surface area contributed by atoms with E-state index in [9.17, 15) is 0 Å². The predicted octanol–water partition coefficient (Wildman–Crippen LogP) is -0.0440. The molecule has 0 aromatic carbocycles. The fourth-order valence-corrected chi connectivity index (χ4v) is 0. The smallest absolute Gasteiger partial charge is 0.402 e. The lowest BCUT2D eigenvalue weighted by atomic mass is 10.8. The minimum atomic E-state index is -1.33. The van der Waals surface area contributed by atoms with Gasteiger partial charge in [-0.3, -0.25) is 0 Å². The molecule has 5 heteroatoms. The molecule has 52 valence electrons. The Labute approximate surface area is 60.8 Å². The van der Waals surface area contributed by atoms with Gasteiger partial charge < -0.3 is 15.9 Å². The van der Waals surface area contributed by atoms with Gasteiger partial charge in [0.2, 0.25) is 0 Å². The highest BCUT2D eigenvalue weighted by Gasteiger charge is 1.78. The van der Waals surface area contributed by atoms with Crippen LogP contribution in [0.3, 0.4) is 0 Å². The number of terminal acetylenes is 1. The Morgan fingerprint density at radius 3 is 2.00 bits per heavy atom. The first-order valence-electron chi connectivity index (χ1n) is 1.77. The number of primary amides is 1. The molecule has 0 bridgehead atoms. The van der Waals surface area contributed by atoms with E-state index in [0.717, 1.165) is 0 Å². The molecule has 0 aliphatic heterocycles. The second kappa shape index (κ2) is 7.27. The van der Waals surface area contributed by atoms with Crippen LogP contribution in [0.5, 0.6) is 0 Å². The second-order valence-electron chi connectivity index (χ2n) is 0.841. The zero-order valence-electron chi connectivity index (χ0n) is 4.41. The summed E-state index contributed by atoms with van der Waals surface area (Å²) in [5.41, 5.74) is 4.03. The Morgan fingerprint density at radius 2 is 2.00 bits per heavy atom. The molecular formula is C4H6BrNO3. The van der Waals surface area contributed by atoms with Crippen LogP contribution in [-0.2, 0) is 0 Å². The number of halogens is 1. The lowest BCUT2D eigenvalue weighted by Crippen LogP contribution is -2.03. The Kier molecular flexibility index (Phi) is 8.98. The minimum Gasteiger partial charge on any atom is -0.465 e. The van der Waals surface area contributed by atoms with E-state index in [4.69, 9.17) is 15.0 Å². The predicted molar refractivity (Wildman–Crippen MR) is 36.0 cm³/mol. The number of rotatable bonds is 0. The standard InChI is InChI=1S/C3H3BrO.CH3NO2/c1-2-3(4)5;2-1(3)4/h1,3,5H;2H2,(H,3,4). The van der Waals surface area contributed by atoms with Gasteiger partial charge in [0.05, 0.1) is 0 Å². The van der Waals surface area contributed by atoms with Crippen molar-refractivity contribution in [1.82, 2.24) is 0 Å². The number of carboxylic acid groups (broad SMARTS) is 1. The summed E-state index contributed by atoms with van der Waals surface area (Å²) in [6.07, 6.45) is 3.29. The van der Waals surface area contributed by atoms with Crippen molar-refractivity contribution < 1.29 is 15.0 Å². The number of hydrogen-bond acceptors (Lipinski definition) is 2. The molecule has 1 atom stereocenters. The molecule has 1 unspecified atom stereocenters. The number of amides is 1. The lowest BCUT2D eigenvalue weighted by molar-refractivity contribution is 0.205. The summed E-state index contributed by atoms with van der Waals surface area (Å²) in [6, 6.07) is 0. The van der Waals surface area contributed by atoms with Gasteiger partial charge in [-0.05, 0) is 15.9 Å². The first-order valence-corrected chi connectivity index (χ1v) is 2.69. The van der Waals surface area contributed by atoms with E-state index in [1.54, 1.807) is 0 Å². The maximum Gasteiger partial charge on any atom is 0.402 e. The van der Waals surface area contributed by atoms with Crippen molar-refractivity contribution in [2.24, 2.45) is 5.73 Å². The largest absolute Gasteiger partial charge is 0.465 e. The van der Waals surface area contributed by atoms with Crippen LogP contribution < -0.4 is 5.73 Å². The topological polar surface area (TPSA) is 83.5 Å². The molecule has 0 aliphatic carbocycles. The average Bonchev–Trinajstić information content (AvgIpc) is 1.65.